The summed E-state index contributed by atoms with van der Waals surface area (Å²) >= 11 is 0. The first-order chi connectivity index (χ1) is 15.1. The molecule has 1 amide bonds. The third-order valence-corrected chi connectivity index (χ3v) is 5.60. The Hall–Kier alpha value is -3.35. The smallest absolute Gasteiger partial charge is 0.232 e. The maximum absolute atomic E-state index is 12.7. The first kappa shape index (κ1) is 20.9. The quantitative estimate of drug-likeness (QED) is 0.529. The average Bonchev–Trinajstić information content (AvgIpc) is 3.45. The second kappa shape index (κ2) is 9.20. The van der Waals surface area contributed by atoms with Crippen LogP contribution in [0.4, 0.5) is 0 Å². The van der Waals surface area contributed by atoms with Gasteiger partial charge in [0, 0.05) is 18.5 Å². The summed E-state index contributed by atoms with van der Waals surface area (Å²) in [7, 11) is 1.64. The number of hydrogen-bond acceptors (Lipinski definition) is 6. The highest BCUT2D eigenvalue weighted by Gasteiger charge is 2.37. The van der Waals surface area contributed by atoms with Crippen molar-refractivity contribution in [1.29, 1.82) is 0 Å². The molecule has 4 rings (SSSR count). The number of carbonyl (C=O) groups excluding carboxylic acids is 1. The Balaban J connectivity index is 1.44. The normalized spacial score (nSPS) is 17.1. The van der Waals surface area contributed by atoms with E-state index in [4.69, 9.17) is 14.0 Å². The Labute approximate surface area is 182 Å². The van der Waals surface area contributed by atoms with Crippen molar-refractivity contribution in [2.24, 2.45) is 0 Å². The topological polar surface area (TPSA) is 77.7 Å². The molecule has 2 unspecified atom stereocenters. The minimum absolute atomic E-state index is 0.0403. The molecular weight excluding hydrogens is 394 g/mol. The molecule has 0 saturated carbocycles. The van der Waals surface area contributed by atoms with E-state index in [2.05, 4.69) is 17.1 Å². The Bertz CT molecular complexity index is 1010. The van der Waals surface area contributed by atoms with Crippen LogP contribution in [0, 0.1) is 0 Å². The van der Waals surface area contributed by atoms with E-state index < -0.39 is 0 Å². The molecule has 162 valence electrons. The molecule has 2 aromatic carbocycles. The van der Waals surface area contributed by atoms with Gasteiger partial charge in [0.1, 0.15) is 11.5 Å². The zero-order valence-corrected chi connectivity index (χ0v) is 18.1. The van der Waals surface area contributed by atoms with Gasteiger partial charge in [0.15, 0.2) is 0 Å². The van der Waals surface area contributed by atoms with Crippen molar-refractivity contribution in [2.75, 3.05) is 20.3 Å². The monoisotopic (exact) mass is 421 g/mol. The van der Waals surface area contributed by atoms with Crippen molar-refractivity contribution in [1.82, 2.24) is 15.0 Å². The number of amides is 1. The van der Waals surface area contributed by atoms with Crippen LogP contribution in [0.2, 0.25) is 0 Å². The van der Waals surface area contributed by atoms with Crippen LogP contribution in [-0.2, 0) is 4.79 Å². The van der Waals surface area contributed by atoms with Crippen molar-refractivity contribution in [3.8, 4) is 22.9 Å². The summed E-state index contributed by atoms with van der Waals surface area (Å²) in [5.41, 5.74) is 1.91. The lowest BCUT2D eigenvalue weighted by Gasteiger charge is -2.25. The molecule has 1 aromatic heterocycles. The highest BCUT2D eigenvalue weighted by molar-refractivity contribution is 5.80. The molecule has 1 saturated heterocycles. The van der Waals surface area contributed by atoms with Gasteiger partial charge in [-0.05, 0) is 55.3 Å². The zero-order valence-electron chi connectivity index (χ0n) is 18.1. The van der Waals surface area contributed by atoms with Crippen LogP contribution in [-0.4, -0.2) is 41.2 Å². The summed E-state index contributed by atoms with van der Waals surface area (Å²) in [6.07, 6.45) is 1.33. The first-order valence-electron chi connectivity index (χ1n) is 10.6. The van der Waals surface area contributed by atoms with Crippen LogP contribution >= 0.6 is 0 Å². The van der Waals surface area contributed by atoms with E-state index in [0.717, 1.165) is 29.0 Å². The fraction of sp³-hybridized carbons (Fsp3) is 0.375. The molecule has 0 spiro atoms. The number of carbonyl (C=O) groups is 1. The molecule has 1 aliphatic heterocycles. The Kier molecular flexibility index (Phi) is 6.21. The molecule has 0 aliphatic carbocycles. The maximum atomic E-state index is 12.7. The van der Waals surface area contributed by atoms with Gasteiger partial charge in [-0.15, -0.1) is 0 Å². The van der Waals surface area contributed by atoms with E-state index in [1.54, 1.807) is 7.11 Å². The van der Waals surface area contributed by atoms with Crippen LogP contribution in [0.3, 0.4) is 0 Å². The summed E-state index contributed by atoms with van der Waals surface area (Å²) < 4.78 is 16.4. The summed E-state index contributed by atoms with van der Waals surface area (Å²) in [6.45, 7) is 5.34. The number of ether oxygens (including phenoxy) is 2. The van der Waals surface area contributed by atoms with Crippen LogP contribution in [0.1, 0.15) is 50.1 Å². The fourth-order valence-electron chi connectivity index (χ4n) is 3.77. The van der Waals surface area contributed by atoms with Crippen LogP contribution in [0.25, 0.3) is 11.4 Å². The third-order valence-electron chi connectivity index (χ3n) is 5.60. The van der Waals surface area contributed by atoms with Gasteiger partial charge >= 0.3 is 0 Å². The number of hydrogen-bond donors (Lipinski definition) is 0. The molecule has 0 radical (unpaired) electrons. The second-order valence-electron chi connectivity index (χ2n) is 7.73. The Morgan fingerprint density at radius 3 is 2.52 bits per heavy atom. The molecule has 3 aromatic rings. The fourth-order valence-corrected chi connectivity index (χ4v) is 3.77. The summed E-state index contributed by atoms with van der Waals surface area (Å²) in [4.78, 5) is 19.1. The molecule has 1 aliphatic rings. The van der Waals surface area contributed by atoms with E-state index in [0.29, 0.717) is 31.3 Å². The highest BCUT2D eigenvalue weighted by Crippen LogP contribution is 2.34. The third kappa shape index (κ3) is 4.55. The van der Waals surface area contributed by atoms with E-state index in [9.17, 15) is 4.79 Å². The minimum atomic E-state index is -0.110. The molecule has 0 N–H and O–H groups in total. The van der Waals surface area contributed by atoms with Crippen molar-refractivity contribution in [3.63, 3.8) is 0 Å². The summed E-state index contributed by atoms with van der Waals surface area (Å²) in [5, 5.41) is 4.12. The number of nitrogens with zero attached hydrogens (tertiary/aromatic N) is 3. The molecule has 7 heteroatoms. The van der Waals surface area contributed by atoms with Crippen molar-refractivity contribution >= 4 is 5.91 Å². The molecule has 2 atom stereocenters. The molecule has 0 bridgehead atoms. The molecule has 2 heterocycles. The highest BCUT2D eigenvalue weighted by atomic mass is 16.5. The van der Waals surface area contributed by atoms with Crippen molar-refractivity contribution < 1.29 is 18.8 Å². The number of benzene rings is 2. The molecular formula is C24H27N3O4. The maximum Gasteiger partial charge on any atom is 0.232 e. The minimum Gasteiger partial charge on any atom is -0.497 e. The number of aromatic nitrogens is 2. The van der Waals surface area contributed by atoms with E-state index in [1.807, 2.05) is 60.4 Å². The van der Waals surface area contributed by atoms with Gasteiger partial charge in [0.2, 0.25) is 17.6 Å². The van der Waals surface area contributed by atoms with Gasteiger partial charge in [0.05, 0.1) is 25.7 Å². The van der Waals surface area contributed by atoms with Gasteiger partial charge in [-0.2, -0.15) is 4.98 Å². The standard InChI is InChI=1S/C24H27N3O4/c1-4-13-30-21-11-7-18(8-12-21)23-25-24(31-26-23)19-14-22(28)27(15-19)16(2)17-5-9-20(29-3)10-6-17/h5-12,16,19H,4,13-15H2,1-3H3. The van der Waals surface area contributed by atoms with Gasteiger partial charge in [0.25, 0.3) is 0 Å². The lowest BCUT2D eigenvalue weighted by Crippen LogP contribution is -2.28. The predicted molar refractivity (Wildman–Crippen MR) is 116 cm³/mol. The van der Waals surface area contributed by atoms with Gasteiger partial charge in [-0.3, -0.25) is 4.79 Å². The molecule has 1 fully saturated rings. The predicted octanol–water partition coefficient (Wildman–Crippen LogP) is 4.61. The van der Waals surface area contributed by atoms with Gasteiger partial charge in [-0.1, -0.05) is 24.2 Å². The van der Waals surface area contributed by atoms with Gasteiger partial charge in [-0.25, -0.2) is 0 Å². The zero-order chi connectivity index (χ0) is 21.8. The largest absolute Gasteiger partial charge is 0.497 e. The van der Waals surface area contributed by atoms with E-state index in [-0.39, 0.29) is 17.9 Å². The SMILES string of the molecule is CCCOc1ccc(-c2noc(C3CC(=O)N(C(C)c4ccc(OC)cc4)C3)n2)cc1. The van der Waals surface area contributed by atoms with Crippen LogP contribution in [0.5, 0.6) is 11.5 Å². The van der Waals surface area contributed by atoms with E-state index in [1.165, 1.54) is 0 Å². The first-order valence-corrected chi connectivity index (χ1v) is 10.6. The number of methoxy groups -OCH3 is 1. The molecule has 31 heavy (non-hydrogen) atoms. The summed E-state index contributed by atoms with van der Waals surface area (Å²) in [6, 6.07) is 15.4. The lowest BCUT2D eigenvalue weighted by molar-refractivity contribution is -0.129. The lowest BCUT2D eigenvalue weighted by atomic mass is 10.1. The van der Waals surface area contributed by atoms with Crippen LogP contribution in [0.15, 0.2) is 53.1 Å². The second-order valence-corrected chi connectivity index (χ2v) is 7.73. The van der Waals surface area contributed by atoms with Crippen molar-refractivity contribution in [3.05, 3.63) is 60.0 Å². The number of likely N-dealkylation sites (tertiary alicyclic amines) is 1. The van der Waals surface area contributed by atoms with E-state index >= 15 is 0 Å². The number of rotatable bonds is 8. The Morgan fingerprint density at radius 2 is 1.84 bits per heavy atom. The molecule has 7 nitrogen and oxygen atoms in total. The van der Waals surface area contributed by atoms with Crippen LogP contribution < -0.4 is 9.47 Å². The average molecular weight is 421 g/mol. The van der Waals surface area contributed by atoms with Gasteiger partial charge < -0.3 is 18.9 Å². The Morgan fingerprint density at radius 1 is 1.13 bits per heavy atom. The van der Waals surface area contributed by atoms with Crippen molar-refractivity contribution in [2.45, 2.75) is 38.6 Å². The summed E-state index contributed by atoms with van der Waals surface area (Å²) in [5.74, 6) is 2.61.